The second-order valence-corrected chi connectivity index (χ2v) is 4.29. The van der Waals surface area contributed by atoms with E-state index in [0.29, 0.717) is 19.1 Å². The number of amides is 3. The van der Waals surface area contributed by atoms with Crippen LogP contribution in [0, 0.1) is 0 Å². The molecular weight excluding hydrogens is 194 g/mol. The van der Waals surface area contributed by atoms with Crippen molar-refractivity contribution < 1.29 is 9.59 Å². The molecule has 0 aromatic heterocycles. The molecule has 2 N–H and O–H groups in total. The summed E-state index contributed by atoms with van der Waals surface area (Å²) in [6.45, 7) is 1.38. The molecule has 3 amide bonds. The summed E-state index contributed by atoms with van der Waals surface area (Å²) in [5.74, 6) is 0.0481. The lowest BCUT2D eigenvalue weighted by Crippen LogP contribution is -2.56. The van der Waals surface area contributed by atoms with E-state index in [1.54, 1.807) is 0 Å². The number of nitrogens with two attached hydrogens (primary N) is 1. The van der Waals surface area contributed by atoms with Gasteiger partial charge in [0.05, 0.1) is 0 Å². The van der Waals surface area contributed by atoms with Crippen molar-refractivity contribution in [3.05, 3.63) is 0 Å². The summed E-state index contributed by atoms with van der Waals surface area (Å²) in [4.78, 5) is 26.0. The van der Waals surface area contributed by atoms with Crippen molar-refractivity contribution in [3.63, 3.8) is 0 Å². The van der Waals surface area contributed by atoms with Crippen LogP contribution in [0.1, 0.15) is 25.7 Å². The van der Waals surface area contributed by atoms with E-state index in [2.05, 4.69) is 0 Å². The minimum absolute atomic E-state index is 0.0481. The summed E-state index contributed by atoms with van der Waals surface area (Å²) in [5.41, 5.74) is 5.14. The number of piperazine rings is 1. The van der Waals surface area contributed by atoms with E-state index in [1.165, 1.54) is 17.7 Å². The van der Waals surface area contributed by atoms with Gasteiger partial charge < -0.3 is 15.5 Å². The lowest BCUT2D eigenvalue weighted by molar-refractivity contribution is -0.137. The van der Waals surface area contributed by atoms with Gasteiger partial charge in [0.15, 0.2) is 0 Å². The third kappa shape index (κ3) is 2.06. The molecule has 2 rings (SSSR count). The van der Waals surface area contributed by atoms with Crippen LogP contribution in [0.4, 0.5) is 4.79 Å². The zero-order valence-corrected chi connectivity index (χ0v) is 8.82. The predicted molar refractivity (Wildman–Crippen MR) is 55.1 cm³/mol. The van der Waals surface area contributed by atoms with E-state index in [1.807, 2.05) is 4.90 Å². The monoisotopic (exact) mass is 211 g/mol. The number of rotatable bonds is 1. The van der Waals surface area contributed by atoms with Crippen LogP contribution < -0.4 is 5.73 Å². The molecule has 0 spiro atoms. The third-order valence-corrected chi connectivity index (χ3v) is 3.33. The highest BCUT2D eigenvalue weighted by Gasteiger charge is 2.31. The number of urea groups is 1. The number of primary amides is 1. The Bertz CT molecular complexity index is 274. The molecule has 2 fully saturated rings. The first-order chi connectivity index (χ1) is 7.18. The van der Waals surface area contributed by atoms with Crippen molar-refractivity contribution in [1.82, 2.24) is 9.80 Å². The Kier molecular flexibility index (Phi) is 2.79. The van der Waals surface area contributed by atoms with E-state index in [0.717, 1.165) is 12.8 Å². The molecule has 1 aliphatic carbocycles. The van der Waals surface area contributed by atoms with Gasteiger partial charge in [0.1, 0.15) is 6.54 Å². The van der Waals surface area contributed by atoms with Gasteiger partial charge in [-0.15, -0.1) is 0 Å². The van der Waals surface area contributed by atoms with E-state index in [9.17, 15) is 9.59 Å². The highest BCUT2D eigenvalue weighted by molar-refractivity contribution is 5.84. The molecule has 0 atom stereocenters. The van der Waals surface area contributed by atoms with Crippen molar-refractivity contribution in [3.8, 4) is 0 Å². The summed E-state index contributed by atoms with van der Waals surface area (Å²) in [7, 11) is 0. The van der Waals surface area contributed by atoms with Crippen molar-refractivity contribution in [1.29, 1.82) is 0 Å². The topological polar surface area (TPSA) is 66.6 Å². The first-order valence-corrected chi connectivity index (χ1v) is 5.52. The Morgan fingerprint density at radius 3 is 2.47 bits per heavy atom. The highest BCUT2D eigenvalue weighted by Crippen LogP contribution is 2.24. The van der Waals surface area contributed by atoms with Crippen LogP contribution >= 0.6 is 0 Å². The maximum Gasteiger partial charge on any atom is 0.315 e. The molecule has 0 unspecified atom stereocenters. The number of hydrogen-bond donors (Lipinski definition) is 1. The van der Waals surface area contributed by atoms with Crippen LogP contribution in [0.15, 0.2) is 0 Å². The minimum Gasteiger partial charge on any atom is -0.351 e. The largest absolute Gasteiger partial charge is 0.351 e. The normalized spacial score (nSPS) is 23.6. The molecule has 0 aromatic carbocycles. The minimum atomic E-state index is -0.491. The van der Waals surface area contributed by atoms with Crippen LogP contribution in [0.25, 0.3) is 0 Å². The predicted octanol–water partition coefficient (Wildman–Crippen LogP) is 0.152. The van der Waals surface area contributed by atoms with Crippen molar-refractivity contribution >= 4 is 11.9 Å². The van der Waals surface area contributed by atoms with E-state index in [-0.39, 0.29) is 12.5 Å². The first kappa shape index (κ1) is 10.3. The Morgan fingerprint density at radius 1 is 1.27 bits per heavy atom. The summed E-state index contributed by atoms with van der Waals surface area (Å²) < 4.78 is 0. The summed E-state index contributed by atoms with van der Waals surface area (Å²) in [6, 6.07) is -0.0815. The molecule has 0 aromatic rings. The molecule has 1 aliphatic heterocycles. The molecular formula is C10H17N3O2. The summed E-state index contributed by atoms with van der Waals surface area (Å²) in [6.07, 6.45) is 4.66. The smallest absolute Gasteiger partial charge is 0.315 e. The van der Waals surface area contributed by atoms with Gasteiger partial charge in [-0.05, 0) is 12.8 Å². The quantitative estimate of drug-likeness (QED) is 0.671. The summed E-state index contributed by atoms with van der Waals surface area (Å²) in [5, 5.41) is 0. The standard InChI is InChI=1S/C10H17N3O2/c11-10(15)12-5-6-13(9(14)7-12)8-3-1-2-4-8/h8H,1-7H2,(H2,11,15). The number of hydrogen-bond acceptors (Lipinski definition) is 2. The van der Waals surface area contributed by atoms with Crippen LogP contribution in [0.2, 0.25) is 0 Å². The van der Waals surface area contributed by atoms with Gasteiger partial charge in [-0.25, -0.2) is 4.79 Å². The van der Waals surface area contributed by atoms with E-state index >= 15 is 0 Å². The molecule has 5 heteroatoms. The average Bonchev–Trinajstić information content (AvgIpc) is 2.70. The Balaban J connectivity index is 1.94. The molecule has 5 nitrogen and oxygen atoms in total. The molecule has 1 heterocycles. The van der Waals surface area contributed by atoms with Crippen molar-refractivity contribution in [2.24, 2.45) is 5.73 Å². The van der Waals surface area contributed by atoms with Gasteiger partial charge in [-0.3, -0.25) is 4.79 Å². The first-order valence-electron chi connectivity index (χ1n) is 5.52. The molecule has 0 radical (unpaired) electrons. The highest BCUT2D eigenvalue weighted by atomic mass is 16.2. The fraction of sp³-hybridized carbons (Fsp3) is 0.800. The second-order valence-electron chi connectivity index (χ2n) is 4.29. The zero-order valence-electron chi connectivity index (χ0n) is 8.82. The molecule has 15 heavy (non-hydrogen) atoms. The van der Waals surface area contributed by atoms with Crippen molar-refractivity contribution in [2.75, 3.05) is 19.6 Å². The van der Waals surface area contributed by atoms with Crippen LogP contribution in [0.5, 0.6) is 0 Å². The second kappa shape index (κ2) is 4.08. The Morgan fingerprint density at radius 2 is 1.93 bits per heavy atom. The lowest BCUT2D eigenvalue weighted by atomic mass is 10.2. The van der Waals surface area contributed by atoms with Crippen LogP contribution in [-0.4, -0.2) is 47.4 Å². The number of carbonyl (C=O) groups is 2. The van der Waals surface area contributed by atoms with Gasteiger partial charge >= 0.3 is 6.03 Å². The van der Waals surface area contributed by atoms with Gasteiger partial charge in [-0.1, -0.05) is 12.8 Å². The zero-order chi connectivity index (χ0) is 10.8. The van der Waals surface area contributed by atoms with Crippen LogP contribution in [0.3, 0.4) is 0 Å². The molecule has 1 saturated carbocycles. The van der Waals surface area contributed by atoms with Gasteiger partial charge in [0, 0.05) is 19.1 Å². The van der Waals surface area contributed by atoms with Crippen LogP contribution in [-0.2, 0) is 4.79 Å². The Hall–Kier alpha value is -1.26. The van der Waals surface area contributed by atoms with E-state index < -0.39 is 6.03 Å². The molecule has 84 valence electrons. The Labute approximate surface area is 89.2 Å². The SMILES string of the molecule is NC(=O)N1CCN(C2CCCC2)C(=O)C1. The number of nitrogens with zero attached hydrogens (tertiary/aromatic N) is 2. The lowest BCUT2D eigenvalue weighted by Gasteiger charge is -2.37. The summed E-state index contributed by atoms with van der Waals surface area (Å²) >= 11 is 0. The van der Waals surface area contributed by atoms with E-state index in [4.69, 9.17) is 5.73 Å². The van der Waals surface area contributed by atoms with Crippen molar-refractivity contribution in [2.45, 2.75) is 31.7 Å². The number of carbonyl (C=O) groups excluding carboxylic acids is 2. The third-order valence-electron chi connectivity index (χ3n) is 3.33. The maximum atomic E-state index is 11.8. The maximum absolute atomic E-state index is 11.8. The molecule has 2 aliphatic rings. The molecule has 1 saturated heterocycles. The molecule has 0 bridgehead atoms. The fourth-order valence-corrected chi connectivity index (χ4v) is 2.48. The fourth-order valence-electron chi connectivity index (χ4n) is 2.48. The van der Waals surface area contributed by atoms with Gasteiger partial charge in [0.2, 0.25) is 5.91 Å². The van der Waals surface area contributed by atoms with Gasteiger partial charge in [-0.2, -0.15) is 0 Å². The average molecular weight is 211 g/mol. The van der Waals surface area contributed by atoms with Gasteiger partial charge in [0.25, 0.3) is 0 Å².